The van der Waals surface area contributed by atoms with E-state index < -0.39 is 0 Å². The van der Waals surface area contributed by atoms with Crippen molar-refractivity contribution in [2.75, 3.05) is 5.75 Å². The van der Waals surface area contributed by atoms with Crippen LogP contribution in [0.4, 0.5) is 0 Å². The number of Topliss-reactive ketones (excluding diaryl/α,β-unsaturated/α-hetero) is 1. The fraction of sp³-hybridized carbons (Fsp3) is 0.185. The number of thioether (sulfide) groups is 1. The van der Waals surface area contributed by atoms with Gasteiger partial charge in [0.1, 0.15) is 0 Å². The fourth-order valence-corrected chi connectivity index (χ4v) is 4.93. The molecule has 2 heterocycles. The van der Waals surface area contributed by atoms with Gasteiger partial charge < -0.3 is 0 Å². The van der Waals surface area contributed by atoms with Crippen molar-refractivity contribution in [1.29, 1.82) is 0 Å². The smallest absolute Gasteiger partial charge is 0.263 e. The van der Waals surface area contributed by atoms with Crippen molar-refractivity contribution in [1.82, 2.24) is 19.2 Å². The van der Waals surface area contributed by atoms with Gasteiger partial charge in [0.2, 0.25) is 5.78 Å². The minimum absolute atomic E-state index is 0.0340. The highest BCUT2D eigenvalue weighted by Gasteiger charge is 2.18. The van der Waals surface area contributed by atoms with Crippen molar-refractivity contribution >= 4 is 34.2 Å². The third-order valence-electron chi connectivity index (χ3n) is 5.81. The van der Waals surface area contributed by atoms with Crippen molar-refractivity contribution in [2.45, 2.75) is 31.5 Å². The standard InChI is InChI=1S/C27H24N4O2S/c1-2-8-19-13-15-21(16-14-19)24(32)18-34-27-29-28-26-30(17-20-9-4-3-5-10-20)25(33)22-11-6-7-12-23(22)31(26)27/h3-7,9-16H,2,8,17-18H2,1H3. The number of fused-ring (bicyclic) bond motifs is 3. The summed E-state index contributed by atoms with van der Waals surface area (Å²) in [4.78, 5) is 26.1. The van der Waals surface area contributed by atoms with E-state index in [1.165, 1.54) is 17.3 Å². The Balaban J connectivity index is 1.50. The first kappa shape index (κ1) is 22.1. The zero-order chi connectivity index (χ0) is 23.5. The van der Waals surface area contributed by atoms with Gasteiger partial charge in [-0.05, 0) is 29.7 Å². The van der Waals surface area contributed by atoms with E-state index in [0.29, 0.717) is 28.4 Å². The number of benzene rings is 3. The molecule has 0 atom stereocenters. The Morgan fingerprint density at radius 2 is 1.62 bits per heavy atom. The van der Waals surface area contributed by atoms with E-state index >= 15 is 0 Å². The third kappa shape index (κ3) is 4.26. The minimum Gasteiger partial charge on any atom is -0.293 e. The summed E-state index contributed by atoms with van der Waals surface area (Å²) in [6.45, 7) is 2.53. The highest BCUT2D eigenvalue weighted by Crippen LogP contribution is 2.23. The van der Waals surface area contributed by atoms with Crippen LogP contribution in [0.1, 0.15) is 34.8 Å². The molecule has 3 aromatic carbocycles. The van der Waals surface area contributed by atoms with E-state index in [0.717, 1.165) is 23.9 Å². The fourth-order valence-electron chi connectivity index (χ4n) is 4.09. The second-order valence-corrected chi connectivity index (χ2v) is 9.11. The molecule has 0 aliphatic carbocycles. The van der Waals surface area contributed by atoms with Crippen LogP contribution in [0.2, 0.25) is 0 Å². The first-order chi connectivity index (χ1) is 16.7. The molecule has 2 aromatic heterocycles. The number of hydrogen-bond donors (Lipinski definition) is 0. The molecule has 0 fully saturated rings. The first-order valence-corrected chi connectivity index (χ1v) is 12.3. The van der Waals surface area contributed by atoms with Gasteiger partial charge >= 0.3 is 0 Å². The Morgan fingerprint density at radius 1 is 0.882 bits per heavy atom. The van der Waals surface area contributed by atoms with Crippen LogP contribution in [0.25, 0.3) is 16.7 Å². The predicted molar refractivity (Wildman–Crippen MR) is 136 cm³/mol. The highest BCUT2D eigenvalue weighted by molar-refractivity contribution is 7.99. The molecule has 5 aromatic rings. The van der Waals surface area contributed by atoms with Crippen molar-refractivity contribution in [3.8, 4) is 0 Å². The topological polar surface area (TPSA) is 69.3 Å². The normalized spacial score (nSPS) is 11.3. The Morgan fingerprint density at radius 3 is 2.38 bits per heavy atom. The molecule has 170 valence electrons. The number of ketones is 1. The Labute approximate surface area is 201 Å². The maximum Gasteiger partial charge on any atom is 0.263 e. The zero-order valence-corrected chi connectivity index (χ0v) is 19.7. The molecule has 0 saturated heterocycles. The van der Waals surface area contributed by atoms with Crippen LogP contribution in [0.3, 0.4) is 0 Å². The van der Waals surface area contributed by atoms with Gasteiger partial charge in [-0.15, -0.1) is 10.2 Å². The molecule has 0 amide bonds. The number of rotatable bonds is 8. The average molecular weight is 469 g/mol. The number of nitrogens with zero attached hydrogens (tertiary/aromatic N) is 4. The van der Waals surface area contributed by atoms with Crippen LogP contribution in [-0.4, -0.2) is 30.7 Å². The molecule has 7 heteroatoms. The van der Waals surface area contributed by atoms with Crippen LogP contribution in [0, 0.1) is 0 Å². The third-order valence-corrected chi connectivity index (χ3v) is 6.74. The number of aryl methyl sites for hydroxylation is 1. The highest BCUT2D eigenvalue weighted by atomic mass is 32.2. The number of carbonyl (C=O) groups is 1. The summed E-state index contributed by atoms with van der Waals surface area (Å²) < 4.78 is 3.52. The van der Waals surface area contributed by atoms with Crippen LogP contribution < -0.4 is 5.56 Å². The molecule has 0 radical (unpaired) electrons. The quantitative estimate of drug-likeness (QED) is 0.236. The average Bonchev–Trinajstić information content (AvgIpc) is 3.30. The molecule has 0 N–H and O–H groups in total. The number of para-hydroxylation sites is 1. The second kappa shape index (κ2) is 9.65. The van der Waals surface area contributed by atoms with Gasteiger partial charge in [-0.25, -0.2) is 0 Å². The Hall–Kier alpha value is -3.71. The Kier molecular flexibility index (Phi) is 6.27. The van der Waals surface area contributed by atoms with Gasteiger partial charge in [0.05, 0.1) is 23.2 Å². The van der Waals surface area contributed by atoms with E-state index in [2.05, 4.69) is 17.1 Å². The molecule has 34 heavy (non-hydrogen) atoms. The van der Waals surface area contributed by atoms with Crippen molar-refractivity contribution < 1.29 is 4.79 Å². The van der Waals surface area contributed by atoms with E-state index in [1.54, 1.807) is 4.57 Å². The lowest BCUT2D eigenvalue weighted by atomic mass is 10.1. The number of aromatic nitrogens is 4. The monoisotopic (exact) mass is 468 g/mol. The lowest BCUT2D eigenvalue weighted by molar-refractivity contribution is 0.102. The molecule has 0 aliphatic rings. The van der Waals surface area contributed by atoms with E-state index in [-0.39, 0.29) is 17.1 Å². The molecule has 0 aliphatic heterocycles. The molecule has 5 rings (SSSR count). The van der Waals surface area contributed by atoms with Crippen molar-refractivity contribution in [2.24, 2.45) is 0 Å². The van der Waals surface area contributed by atoms with Crippen LogP contribution >= 0.6 is 11.8 Å². The van der Waals surface area contributed by atoms with Gasteiger partial charge in [0.15, 0.2) is 10.9 Å². The number of carbonyl (C=O) groups excluding carboxylic acids is 1. The van der Waals surface area contributed by atoms with E-state index in [4.69, 9.17) is 0 Å². The zero-order valence-electron chi connectivity index (χ0n) is 18.8. The van der Waals surface area contributed by atoms with Gasteiger partial charge in [-0.1, -0.05) is 91.8 Å². The maximum absolute atomic E-state index is 13.3. The SMILES string of the molecule is CCCc1ccc(C(=O)CSc2nnc3n(Cc4ccccc4)c(=O)c4ccccc4n23)cc1. The summed E-state index contributed by atoms with van der Waals surface area (Å²) in [6.07, 6.45) is 2.08. The van der Waals surface area contributed by atoms with E-state index in [1.807, 2.05) is 83.3 Å². The lowest BCUT2D eigenvalue weighted by Crippen LogP contribution is -2.24. The minimum atomic E-state index is -0.112. The molecule has 6 nitrogen and oxygen atoms in total. The summed E-state index contributed by atoms with van der Waals surface area (Å²) in [5.74, 6) is 0.734. The summed E-state index contributed by atoms with van der Waals surface area (Å²) >= 11 is 1.33. The summed E-state index contributed by atoms with van der Waals surface area (Å²) in [6, 6.07) is 25.1. The van der Waals surface area contributed by atoms with Crippen LogP contribution in [0.5, 0.6) is 0 Å². The maximum atomic E-state index is 13.3. The largest absolute Gasteiger partial charge is 0.293 e. The summed E-state index contributed by atoms with van der Waals surface area (Å²) in [7, 11) is 0. The van der Waals surface area contributed by atoms with Crippen LogP contribution in [-0.2, 0) is 13.0 Å². The molecular weight excluding hydrogens is 444 g/mol. The van der Waals surface area contributed by atoms with Crippen molar-refractivity contribution in [3.05, 3.63) is 106 Å². The first-order valence-electron chi connectivity index (χ1n) is 11.3. The van der Waals surface area contributed by atoms with E-state index in [9.17, 15) is 9.59 Å². The summed E-state index contributed by atoms with van der Waals surface area (Å²) in [5, 5.41) is 9.88. The van der Waals surface area contributed by atoms with Crippen molar-refractivity contribution in [3.63, 3.8) is 0 Å². The molecule has 0 saturated carbocycles. The van der Waals surface area contributed by atoms with Gasteiger partial charge in [-0.2, -0.15) is 0 Å². The molecular formula is C27H24N4O2S. The van der Waals surface area contributed by atoms with Crippen LogP contribution in [0.15, 0.2) is 88.8 Å². The molecule has 0 unspecified atom stereocenters. The summed E-state index contributed by atoms with van der Waals surface area (Å²) in [5.41, 5.74) is 3.54. The van der Waals surface area contributed by atoms with Gasteiger partial charge in [0, 0.05) is 5.56 Å². The number of hydrogen-bond acceptors (Lipinski definition) is 5. The lowest BCUT2D eigenvalue weighted by Gasteiger charge is -2.11. The second-order valence-electron chi connectivity index (χ2n) is 8.17. The van der Waals surface area contributed by atoms with Gasteiger partial charge in [-0.3, -0.25) is 18.6 Å². The van der Waals surface area contributed by atoms with Gasteiger partial charge in [0.25, 0.3) is 5.56 Å². The molecule has 0 spiro atoms. The predicted octanol–water partition coefficient (Wildman–Crippen LogP) is 5.02. The molecule has 0 bridgehead atoms. The Bertz CT molecular complexity index is 1520.